The van der Waals surface area contributed by atoms with Gasteiger partial charge in [0.2, 0.25) is 10.0 Å². The fourth-order valence-corrected chi connectivity index (χ4v) is 3.97. The van der Waals surface area contributed by atoms with E-state index in [9.17, 15) is 8.42 Å². The van der Waals surface area contributed by atoms with Crippen LogP contribution in [0.5, 0.6) is 5.75 Å². The van der Waals surface area contributed by atoms with E-state index in [4.69, 9.17) is 4.74 Å². The third-order valence-electron chi connectivity index (χ3n) is 3.99. The molecule has 0 saturated heterocycles. The maximum atomic E-state index is 12.9. The van der Waals surface area contributed by atoms with E-state index in [0.717, 1.165) is 11.1 Å². The van der Waals surface area contributed by atoms with Crippen molar-refractivity contribution in [2.24, 2.45) is 0 Å². The number of hydrogen-bond donors (Lipinski definition) is 1. The zero-order valence-electron chi connectivity index (χ0n) is 14.5. The fraction of sp³-hybridized carbons (Fsp3) is 0.222. The highest BCUT2D eigenvalue weighted by Gasteiger charge is 2.23. The summed E-state index contributed by atoms with van der Waals surface area (Å²) < 4.78 is 33.7. The molecule has 8 heteroatoms. The standard InChI is InChI=1S/C18H20N4O3S/c1-14-12-16(8-9-18(14)25-2)26(23,24)21-17(13-22-19-10-11-20-22)15-6-4-3-5-7-15/h3-12,17,21H,13H2,1-2H3/t17-/m0/s1. The molecule has 1 heterocycles. The molecule has 136 valence electrons. The topological polar surface area (TPSA) is 86.1 Å². The number of nitrogens with one attached hydrogen (secondary N) is 1. The molecule has 0 aliphatic rings. The van der Waals surface area contributed by atoms with E-state index in [1.807, 2.05) is 30.3 Å². The Labute approximate surface area is 152 Å². The van der Waals surface area contributed by atoms with Crippen molar-refractivity contribution < 1.29 is 13.2 Å². The molecule has 0 unspecified atom stereocenters. The van der Waals surface area contributed by atoms with Gasteiger partial charge in [-0.25, -0.2) is 13.1 Å². The van der Waals surface area contributed by atoms with Crippen LogP contribution in [0.2, 0.25) is 0 Å². The van der Waals surface area contributed by atoms with E-state index >= 15 is 0 Å². The Morgan fingerprint density at radius 3 is 2.42 bits per heavy atom. The minimum Gasteiger partial charge on any atom is -0.496 e. The first-order valence-electron chi connectivity index (χ1n) is 8.05. The Morgan fingerprint density at radius 2 is 1.81 bits per heavy atom. The molecule has 1 atom stereocenters. The lowest BCUT2D eigenvalue weighted by Gasteiger charge is -2.19. The molecule has 1 N–H and O–H groups in total. The monoisotopic (exact) mass is 372 g/mol. The van der Waals surface area contributed by atoms with Gasteiger partial charge in [0, 0.05) is 0 Å². The summed E-state index contributed by atoms with van der Waals surface area (Å²) in [6, 6.07) is 13.6. The van der Waals surface area contributed by atoms with E-state index in [0.29, 0.717) is 5.75 Å². The summed E-state index contributed by atoms with van der Waals surface area (Å²) in [4.78, 5) is 1.64. The largest absolute Gasteiger partial charge is 0.496 e. The number of aromatic nitrogens is 3. The molecule has 0 aliphatic heterocycles. The van der Waals surface area contributed by atoms with Gasteiger partial charge in [-0.15, -0.1) is 0 Å². The number of sulfonamides is 1. The average molecular weight is 372 g/mol. The van der Waals surface area contributed by atoms with Gasteiger partial charge < -0.3 is 4.74 Å². The predicted octanol–water partition coefficient (Wildman–Crippen LogP) is 2.31. The van der Waals surface area contributed by atoms with Gasteiger partial charge in [-0.05, 0) is 36.2 Å². The van der Waals surface area contributed by atoms with Crippen molar-refractivity contribution in [3.63, 3.8) is 0 Å². The minimum absolute atomic E-state index is 0.185. The summed E-state index contributed by atoms with van der Waals surface area (Å²) in [6.45, 7) is 2.09. The van der Waals surface area contributed by atoms with E-state index in [2.05, 4.69) is 14.9 Å². The van der Waals surface area contributed by atoms with Gasteiger partial charge in [0.15, 0.2) is 0 Å². The second-order valence-corrected chi connectivity index (χ2v) is 7.51. The molecule has 26 heavy (non-hydrogen) atoms. The van der Waals surface area contributed by atoms with Gasteiger partial charge >= 0.3 is 0 Å². The Kier molecular flexibility index (Phi) is 5.34. The second-order valence-electron chi connectivity index (χ2n) is 5.80. The van der Waals surface area contributed by atoms with Crippen molar-refractivity contribution in [2.75, 3.05) is 7.11 Å². The maximum absolute atomic E-state index is 12.9. The van der Waals surface area contributed by atoms with E-state index in [1.54, 1.807) is 38.6 Å². The number of rotatable bonds is 7. The number of methoxy groups -OCH3 is 1. The number of nitrogens with zero attached hydrogens (tertiary/aromatic N) is 3. The van der Waals surface area contributed by atoms with Crippen molar-refractivity contribution in [2.45, 2.75) is 24.4 Å². The Morgan fingerprint density at radius 1 is 1.12 bits per heavy atom. The number of benzene rings is 2. The van der Waals surface area contributed by atoms with Gasteiger partial charge in [-0.1, -0.05) is 30.3 Å². The van der Waals surface area contributed by atoms with Crippen molar-refractivity contribution in [3.8, 4) is 5.75 Å². The molecule has 0 spiro atoms. The van der Waals surface area contributed by atoms with Gasteiger partial charge in [0.05, 0.1) is 37.0 Å². The molecule has 0 fully saturated rings. The van der Waals surface area contributed by atoms with Crippen LogP contribution in [0.3, 0.4) is 0 Å². The summed E-state index contributed by atoms with van der Waals surface area (Å²) >= 11 is 0. The van der Waals surface area contributed by atoms with Gasteiger partial charge in [-0.3, -0.25) is 0 Å². The van der Waals surface area contributed by atoms with Crippen LogP contribution in [0.15, 0.2) is 65.8 Å². The average Bonchev–Trinajstić information content (AvgIpc) is 3.15. The number of hydrogen-bond acceptors (Lipinski definition) is 5. The van der Waals surface area contributed by atoms with Gasteiger partial charge in [-0.2, -0.15) is 15.0 Å². The van der Waals surface area contributed by atoms with Crippen molar-refractivity contribution in [1.82, 2.24) is 19.7 Å². The number of aryl methyl sites for hydroxylation is 1. The van der Waals surface area contributed by atoms with Gasteiger partial charge in [0.1, 0.15) is 5.75 Å². The highest BCUT2D eigenvalue weighted by Crippen LogP contribution is 2.23. The summed E-state index contributed by atoms with van der Waals surface area (Å²) in [7, 11) is -2.18. The first-order chi connectivity index (χ1) is 12.5. The summed E-state index contributed by atoms with van der Waals surface area (Å²) in [6.07, 6.45) is 3.12. The zero-order valence-corrected chi connectivity index (χ0v) is 15.3. The summed E-state index contributed by atoms with van der Waals surface area (Å²) in [5.41, 5.74) is 1.58. The SMILES string of the molecule is COc1ccc(S(=O)(=O)N[C@@H](Cn2nccn2)c2ccccc2)cc1C. The van der Waals surface area contributed by atoms with Crippen LogP contribution in [0.25, 0.3) is 0 Å². The van der Waals surface area contributed by atoms with E-state index in [1.165, 1.54) is 10.9 Å². The lowest BCUT2D eigenvalue weighted by Crippen LogP contribution is -2.32. The molecular formula is C18H20N4O3S. The van der Waals surface area contributed by atoms with Crippen LogP contribution >= 0.6 is 0 Å². The Hall–Kier alpha value is -2.71. The molecular weight excluding hydrogens is 352 g/mol. The molecule has 0 radical (unpaired) electrons. The Balaban J connectivity index is 1.91. The molecule has 0 saturated carbocycles. The minimum atomic E-state index is -3.73. The van der Waals surface area contributed by atoms with E-state index < -0.39 is 16.1 Å². The molecule has 1 aromatic heterocycles. The van der Waals surface area contributed by atoms with Crippen LogP contribution in [0.1, 0.15) is 17.2 Å². The normalized spacial score (nSPS) is 12.7. The van der Waals surface area contributed by atoms with Crippen molar-refractivity contribution in [1.29, 1.82) is 0 Å². The van der Waals surface area contributed by atoms with Gasteiger partial charge in [0.25, 0.3) is 0 Å². The third kappa shape index (κ3) is 4.09. The highest BCUT2D eigenvalue weighted by atomic mass is 32.2. The van der Waals surface area contributed by atoms with Crippen LogP contribution in [-0.2, 0) is 16.6 Å². The van der Waals surface area contributed by atoms with Crippen molar-refractivity contribution >= 4 is 10.0 Å². The molecule has 7 nitrogen and oxygen atoms in total. The molecule has 3 aromatic rings. The van der Waals surface area contributed by atoms with Crippen LogP contribution in [-0.4, -0.2) is 30.5 Å². The molecule has 0 amide bonds. The van der Waals surface area contributed by atoms with Crippen LogP contribution < -0.4 is 9.46 Å². The first kappa shape index (κ1) is 18.1. The smallest absolute Gasteiger partial charge is 0.241 e. The third-order valence-corrected chi connectivity index (χ3v) is 5.46. The zero-order chi connectivity index (χ0) is 18.6. The predicted molar refractivity (Wildman–Crippen MR) is 97.3 cm³/mol. The molecule has 0 bridgehead atoms. The van der Waals surface area contributed by atoms with E-state index in [-0.39, 0.29) is 11.4 Å². The first-order valence-corrected chi connectivity index (χ1v) is 9.54. The Bertz CT molecular complexity index is 957. The highest BCUT2D eigenvalue weighted by molar-refractivity contribution is 7.89. The van der Waals surface area contributed by atoms with Crippen LogP contribution in [0.4, 0.5) is 0 Å². The maximum Gasteiger partial charge on any atom is 0.241 e. The summed E-state index contributed by atoms with van der Waals surface area (Å²) in [5.74, 6) is 0.643. The van der Waals surface area contributed by atoms with Crippen molar-refractivity contribution in [3.05, 3.63) is 72.1 Å². The molecule has 0 aliphatic carbocycles. The second kappa shape index (κ2) is 7.67. The fourth-order valence-electron chi connectivity index (χ4n) is 2.67. The number of ether oxygens (including phenoxy) is 1. The van der Waals surface area contributed by atoms with Crippen LogP contribution in [0, 0.1) is 6.92 Å². The summed E-state index contributed by atoms with van der Waals surface area (Å²) in [5, 5.41) is 8.15. The quantitative estimate of drug-likeness (QED) is 0.688. The molecule has 3 rings (SSSR count). The lowest BCUT2D eigenvalue weighted by atomic mass is 10.1. The molecule has 2 aromatic carbocycles. The lowest BCUT2D eigenvalue weighted by molar-refractivity contribution is 0.411.